The van der Waals surface area contributed by atoms with Crippen LogP contribution >= 0.6 is 0 Å². The molecule has 0 aliphatic carbocycles. The standard InChI is InChI=1S/C17H34N2O2/c1-14(2)6-12-19(13-7-15(3)4)16(20)17(21-5)8-10-18-11-9-17/h14-15,18H,6-13H2,1-5H3. The summed E-state index contributed by atoms with van der Waals surface area (Å²) in [4.78, 5) is 15.1. The molecule has 0 aromatic carbocycles. The number of carbonyl (C=O) groups is 1. The fraction of sp³-hybridized carbons (Fsp3) is 0.941. The van der Waals surface area contributed by atoms with Crippen molar-refractivity contribution in [1.82, 2.24) is 10.2 Å². The molecule has 0 saturated carbocycles. The van der Waals surface area contributed by atoms with E-state index in [1.54, 1.807) is 7.11 Å². The van der Waals surface area contributed by atoms with Gasteiger partial charge in [0.15, 0.2) is 0 Å². The molecule has 1 aliphatic heterocycles. The summed E-state index contributed by atoms with van der Waals surface area (Å²) in [6.07, 6.45) is 3.67. The van der Waals surface area contributed by atoms with Gasteiger partial charge in [-0.1, -0.05) is 27.7 Å². The van der Waals surface area contributed by atoms with Crippen LogP contribution < -0.4 is 5.32 Å². The summed E-state index contributed by atoms with van der Waals surface area (Å²) in [6.45, 7) is 12.3. The number of piperidine rings is 1. The number of hydrogen-bond donors (Lipinski definition) is 1. The highest BCUT2D eigenvalue weighted by molar-refractivity contribution is 5.85. The zero-order valence-electron chi connectivity index (χ0n) is 14.6. The topological polar surface area (TPSA) is 41.6 Å². The van der Waals surface area contributed by atoms with Crippen molar-refractivity contribution in [1.29, 1.82) is 0 Å². The van der Waals surface area contributed by atoms with E-state index in [-0.39, 0.29) is 5.91 Å². The molecule has 0 spiro atoms. The van der Waals surface area contributed by atoms with Crippen LogP contribution in [0.4, 0.5) is 0 Å². The van der Waals surface area contributed by atoms with Gasteiger partial charge in [0.2, 0.25) is 0 Å². The molecular weight excluding hydrogens is 264 g/mol. The third-order valence-corrected chi connectivity index (χ3v) is 4.43. The fourth-order valence-corrected chi connectivity index (χ4v) is 2.77. The van der Waals surface area contributed by atoms with Crippen LogP contribution in [0.3, 0.4) is 0 Å². The van der Waals surface area contributed by atoms with E-state index in [4.69, 9.17) is 4.74 Å². The lowest BCUT2D eigenvalue weighted by molar-refractivity contribution is -0.158. The van der Waals surface area contributed by atoms with Crippen LogP contribution in [0.25, 0.3) is 0 Å². The van der Waals surface area contributed by atoms with Crippen LogP contribution in [0.2, 0.25) is 0 Å². The number of hydrogen-bond acceptors (Lipinski definition) is 3. The third-order valence-electron chi connectivity index (χ3n) is 4.43. The number of nitrogens with zero attached hydrogens (tertiary/aromatic N) is 1. The van der Waals surface area contributed by atoms with Crippen molar-refractivity contribution in [3.63, 3.8) is 0 Å². The Labute approximate surface area is 130 Å². The minimum atomic E-state index is -0.598. The van der Waals surface area contributed by atoms with Crippen LogP contribution in [0, 0.1) is 11.8 Å². The molecule has 1 fully saturated rings. The molecule has 1 heterocycles. The Bertz CT molecular complexity index is 298. The molecule has 1 N–H and O–H groups in total. The molecule has 1 aliphatic rings. The first-order chi connectivity index (χ1) is 9.91. The van der Waals surface area contributed by atoms with E-state index in [0.29, 0.717) is 11.8 Å². The summed E-state index contributed by atoms with van der Waals surface area (Å²) in [5.41, 5.74) is -0.598. The van der Waals surface area contributed by atoms with Gasteiger partial charge in [0.05, 0.1) is 0 Å². The molecule has 1 saturated heterocycles. The second kappa shape index (κ2) is 8.74. The van der Waals surface area contributed by atoms with Gasteiger partial charge in [0.1, 0.15) is 5.60 Å². The number of carbonyl (C=O) groups excluding carboxylic acids is 1. The molecular formula is C17H34N2O2. The molecule has 1 amide bonds. The van der Waals surface area contributed by atoms with Crippen LogP contribution in [0.1, 0.15) is 53.4 Å². The predicted molar refractivity (Wildman–Crippen MR) is 87.3 cm³/mol. The Kier molecular flexibility index (Phi) is 7.67. The highest BCUT2D eigenvalue weighted by atomic mass is 16.5. The van der Waals surface area contributed by atoms with Crippen molar-refractivity contribution in [2.24, 2.45) is 11.8 Å². The van der Waals surface area contributed by atoms with Crippen LogP contribution in [0.5, 0.6) is 0 Å². The second-order valence-electron chi connectivity index (χ2n) is 7.11. The molecule has 0 aromatic heterocycles. The van der Waals surface area contributed by atoms with Crippen molar-refractivity contribution in [2.75, 3.05) is 33.3 Å². The van der Waals surface area contributed by atoms with Gasteiger partial charge in [-0.25, -0.2) is 0 Å². The Balaban J connectivity index is 2.75. The number of methoxy groups -OCH3 is 1. The van der Waals surface area contributed by atoms with Crippen LogP contribution in [-0.2, 0) is 9.53 Å². The molecule has 0 radical (unpaired) electrons. The largest absolute Gasteiger partial charge is 0.368 e. The molecule has 21 heavy (non-hydrogen) atoms. The highest BCUT2D eigenvalue weighted by Crippen LogP contribution is 2.26. The van der Waals surface area contributed by atoms with E-state index in [2.05, 4.69) is 37.9 Å². The Morgan fingerprint density at radius 2 is 1.57 bits per heavy atom. The molecule has 0 atom stereocenters. The van der Waals surface area contributed by atoms with Crippen molar-refractivity contribution < 1.29 is 9.53 Å². The van der Waals surface area contributed by atoms with Gasteiger partial charge in [-0.15, -0.1) is 0 Å². The molecule has 4 nitrogen and oxygen atoms in total. The number of rotatable bonds is 8. The average molecular weight is 298 g/mol. The fourth-order valence-electron chi connectivity index (χ4n) is 2.77. The lowest BCUT2D eigenvalue weighted by Crippen LogP contribution is -2.55. The van der Waals surface area contributed by atoms with Crippen molar-refractivity contribution in [3.05, 3.63) is 0 Å². The van der Waals surface area contributed by atoms with E-state index in [1.165, 1.54) is 0 Å². The third kappa shape index (κ3) is 5.59. The lowest BCUT2D eigenvalue weighted by Gasteiger charge is -2.39. The zero-order chi connectivity index (χ0) is 15.9. The first-order valence-electron chi connectivity index (χ1n) is 8.46. The maximum atomic E-state index is 13.0. The van der Waals surface area contributed by atoms with Crippen LogP contribution in [0.15, 0.2) is 0 Å². The monoisotopic (exact) mass is 298 g/mol. The lowest BCUT2D eigenvalue weighted by atomic mass is 9.90. The Hall–Kier alpha value is -0.610. The van der Waals surface area contributed by atoms with E-state index < -0.39 is 5.60 Å². The summed E-state index contributed by atoms with van der Waals surface area (Å²) < 4.78 is 5.70. The van der Waals surface area contributed by atoms with E-state index in [0.717, 1.165) is 51.9 Å². The van der Waals surface area contributed by atoms with E-state index in [1.807, 2.05) is 0 Å². The van der Waals surface area contributed by atoms with Gasteiger partial charge in [0, 0.05) is 20.2 Å². The normalized spacial score (nSPS) is 18.2. The maximum absolute atomic E-state index is 13.0. The molecule has 124 valence electrons. The molecule has 0 unspecified atom stereocenters. The quantitative estimate of drug-likeness (QED) is 0.749. The molecule has 0 bridgehead atoms. The van der Waals surface area contributed by atoms with Crippen LogP contribution in [-0.4, -0.2) is 49.7 Å². The molecule has 0 aromatic rings. The Morgan fingerprint density at radius 1 is 1.10 bits per heavy atom. The van der Waals surface area contributed by atoms with Gasteiger partial charge in [-0.2, -0.15) is 0 Å². The Morgan fingerprint density at radius 3 is 1.95 bits per heavy atom. The van der Waals surface area contributed by atoms with Gasteiger partial charge >= 0.3 is 0 Å². The first kappa shape index (κ1) is 18.4. The molecule has 1 rings (SSSR count). The van der Waals surface area contributed by atoms with Gasteiger partial charge in [0.25, 0.3) is 5.91 Å². The van der Waals surface area contributed by atoms with E-state index >= 15 is 0 Å². The van der Waals surface area contributed by atoms with Gasteiger partial charge < -0.3 is 15.0 Å². The second-order valence-corrected chi connectivity index (χ2v) is 7.11. The summed E-state index contributed by atoms with van der Waals surface area (Å²) in [7, 11) is 1.69. The predicted octanol–water partition coefficient (Wildman–Crippen LogP) is 2.68. The van der Waals surface area contributed by atoms with Gasteiger partial charge in [-0.3, -0.25) is 4.79 Å². The van der Waals surface area contributed by atoms with Crippen molar-refractivity contribution in [3.8, 4) is 0 Å². The smallest absolute Gasteiger partial charge is 0.254 e. The summed E-state index contributed by atoms with van der Waals surface area (Å²) in [6, 6.07) is 0. The number of nitrogens with one attached hydrogen (secondary N) is 1. The van der Waals surface area contributed by atoms with Crippen molar-refractivity contribution in [2.45, 2.75) is 59.0 Å². The van der Waals surface area contributed by atoms with Crippen molar-refractivity contribution >= 4 is 5.91 Å². The SMILES string of the molecule is COC1(C(=O)N(CCC(C)C)CCC(C)C)CCNCC1. The average Bonchev–Trinajstić information content (AvgIpc) is 2.47. The highest BCUT2D eigenvalue weighted by Gasteiger charge is 2.42. The number of amides is 1. The maximum Gasteiger partial charge on any atom is 0.254 e. The minimum absolute atomic E-state index is 0.202. The first-order valence-corrected chi connectivity index (χ1v) is 8.46. The molecule has 4 heteroatoms. The summed E-state index contributed by atoms with van der Waals surface area (Å²) >= 11 is 0. The zero-order valence-corrected chi connectivity index (χ0v) is 14.6. The van der Waals surface area contributed by atoms with E-state index in [9.17, 15) is 4.79 Å². The minimum Gasteiger partial charge on any atom is -0.368 e. The van der Waals surface area contributed by atoms with Gasteiger partial charge in [-0.05, 0) is 50.6 Å². The summed E-state index contributed by atoms with van der Waals surface area (Å²) in [5.74, 6) is 1.43. The number of ether oxygens (including phenoxy) is 1. The summed E-state index contributed by atoms with van der Waals surface area (Å²) in [5, 5.41) is 3.32.